The van der Waals surface area contributed by atoms with Crippen molar-refractivity contribution in [2.24, 2.45) is 11.8 Å². The molecule has 5 rings (SSSR count). The van der Waals surface area contributed by atoms with Crippen LogP contribution in [0.1, 0.15) is 24.6 Å². The van der Waals surface area contributed by atoms with E-state index in [1.165, 1.54) is 24.6 Å². The Morgan fingerprint density at radius 1 is 1.04 bits per heavy atom. The van der Waals surface area contributed by atoms with Crippen molar-refractivity contribution < 1.29 is 0 Å². The molecule has 0 amide bonds. The zero-order valence-corrected chi connectivity index (χ0v) is 13.5. The molecule has 1 saturated carbocycles. The van der Waals surface area contributed by atoms with Crippen molar-refractivity contribution in [3.05, 3.63) is 12.2 Å². The average Bonchev–Trinajstić information content (AvgIpc) is 2.95. The summed E-state index contributed by atoms with van der Waals surface area (Å²) in [7, 11) is 0. The zero-order chi connectivity index (χ0) is 15.2. The summed E-state index contributed by atoms with van der Waals surface area (Å²) in [5.74, 6) is 3.77. The summed E-state index contributed by atoms with van der Waals surface area (Å²) < 4.78 is 0. The third-order valence-corrected chi connectivity index (χ3v) is 5.58. The summed E-state index contributed by atoms with van der Waals surface area (Å²) >= 11 is 1.39. The molecule has 0 radical (unpaired) electrons. The predicted octanol–water partition coefficient (Wildman–Crippen LogP) is 0.674. The normalized spacial score (nSPS) is 26.7. The molecule has 8 nitrogen and oxygen atoms in total. The van der Waals surface area contributed by atoms with Crippen LogP contribution in [-0.4, -0.2) is 56.3 Å². The van der Waals surface area contributed by atoms with Gasteiger partial charge in [-0.15, -0.1) is 5.10 Å². The third-order valence-electron chi connectivity index (χ3n) is 4.84. The quantitative estimate of drug-likeness (QED) is 0.845. The van der Waals surface area contributed by atoms with Crippen molar-refractivity contribution in [2.75, 3.05) is 31.1 Å². The number of H-pyrrole nitrogens is 1. The highest BCUT2D eigenvalue weighted by Crippen LogP contribution is 2.38. The highest BCUT2D eigenvalue weighted by Gasteiger charge is 2.37. The van der Waals surface area contributed by atoms with E-state index < -0.39 is 0 Å². The van der Waals surface area contributed by atoms with Crippen LogP contribution in [-0.2, 0) is 0 Å². The summed E-state index contributed by atoms with van der Waals surface area (Å²) in [5.41, 5.74) is 0. The third kappa shape index (κ3) is 2.67. The summed E-state index contributed by atoms with van der Waals surface area (Å²) in [6.45, 7) is 4.26. The summed E-state index contributed by atoms with van der Waals surface area (Å²) in [4.78, 5) is 20.0. The van der Waals surface area contributed by atoms with Crippen LogP contribution in [0.25, 0.3) is 0 Å². The Labute approximate surface area is 137 Å². The molecule has 2 aromatic heterocycles. The molecule has 2 atom stereocenters. The van der Waals surface area contributed by atoms with Gasteiger partial charge < -0.3 is 10.2 Å². The SMILES string of the molecule is c1nc(Sc2n[nH]c(C3CC3)n2)nc(N2C[C@H]3CNC[C@H]3C2)n1. The fourth-order valence-electron chi connectivity index (χ4n) is 3.42. The molecular formula is C14H18N8S. The van der Waals surface area contributed by atoms with Crippen LogP contribution in [0, 0.1) is 11.8 Å². The Kier molecular flexibility index (Phi) is 3.22. The molecule has 4 heterocycles. The van der Waals surface area contributed by atoms with Crippen molar-refractivity contribution in [2.45, 2.75) is 29.1 Å². The maximum atomic E-state index is 4.60. The highest BCUT2D eigenvalue weighted by atomic mass is 32.2. The number of aromatic amines is 1. The molecule has 3 aliphatic rings. The van der Waals surface area contributed by atoms with E-state index in [0.29, 0.717) is 16.2 Å². The molecule has 9 heteroatoms. The van der Waals surface area contributed by atoms with Gasteiger partial charge in [-0.1, -0.05) is 0 Å². The van der Waals surface area contributed by atoms with Gasteiger partial charge in [0.05, 0.1) is 0 Å². The summed E-state index contributed by atoms with van der Waals surface area (Å²) in [6, 6.07) is 0. The van der Waals surface area contributed by atoms with E-state index in [0.717, 1.165) is 49.8 Å². The number of hydrogen-bond acceptors (Lipinski definition) is 8. The molecular weight excluding hydrogens is 312 g/mol. The molecule has 1 aliphatic carbocycles. The maximum Gasteiger partial charge on any atom is 0.229 e. The standard InChI is InChI=1S/C14H18N8S/c1-2-8(1)11-18-14(21-20-11)23-13-17-7-16-12(19-13)22-5-9-3-15-4-10(9)6-22/h7-10,15H,1-6H2,(H,18,20,21)/t9-,10+. The molecule has 0 bridgehead atoms. The average molecular weight is 330 g/mol. The van der Waals surface area contributed by atoms with E-state index in [1.807, 2.05) is 0 Å². The van der Waals surface area contributed by atoms with Gasteiger partial charge in [-0.25, -0.2) is 15.0 Å². The minimum Gasteiger partial charge on any atom is -0.340 e. The van der Waals surface area contributed by atoms with Crippen LogP contribution in [0.3, 0.4) is 0 Å². The van der Waals surface area contributed by atoms with E-state index in [2.05, 4.69) is 40.3 Å². The lowest BCUT2D eigenvalue weighted by Gasteiger charge is -2.16. The number of fused-ring (bicyclic) bond motifs is 1. The van der Waals surface area contributed by atoms with E-state index in [9.17, 15) is 0 Å². The summed E-state index contributed by atoms with van der Waals surface area (Å²) in [5, 5.41) is 12.1. The smallest absolute Gasteiger partial charge is 0.229 e. The van der Waals surface area contributed by atoms with Crippen molar-refractivity contribution in [3.63, 3.8) is 0 Å². The lowest BCUT2D eigenvalue weighted by molar-refractivity contribution is 0.533. The van der Waals surface area contributed by atoms with E-state index in [1.54, 1.807) is 6.33 Å². The van der Waals surface area contributed by atoms with E-state index in [4.69, 9.17) is 0 Å². The van der Waals surface area contributed by atoms with Crippen LogP contribution in [0.4, 0.5) is 5.95 Å². The molecule has 3 fully saturated rings. The number of nitrogens with zero attached hydrogens (tertiary/aromatic N) is 6. The van der Waals surface area contributed by atoms with Gasteiger partial charge in [-0.3, -0.25) is 5.10 Å². The molecule has 2 aromatic rings. The first-order valence-corrected chi connectivity index (χ1v) is 8.91. The first-order valence-electron chi connectivity index (χ1n) is 8.10. The number of anilines is 1. The van der Waals surface area contributed by atoms with Gasteiger partial charge in [-0.05, 0) is 36.4 Å². The summed E-state index contributed by atoms with van der Waals surface area (Å²) in [6.07, 6.45) is 4.01. The van der Waals surface area contributed by atoms with Gasteiger partial charge >= 0.3 is 0 Å². The van der Waals surface area contributed by atoms with Crippen LogP contribution in [0.2, 0.25) is 0 Å². The second-order valence-corrected chi connectivity index (χ2v) is 7.47. The van der Waals surface area contributed by atoms with Crippen LogP contribution in [0.15, 0.2) is 16.6 Å². The Morgan fingerprint density at radius 2 is 1.87 bits per heavy atom. The van der Waals surface area contributed by atoms with Gasteiger partial charge in [0, 0.05) is 32.1 Å². The van der Waals surface area contributed by atoms with Crippen molar-refractivity contribution in [1.82, 2.24) is 35.5 Å². The van der Waals surface area contributed by atoms with E-state index >= 15 is 0 Å². The zero-order valence-electron chi connectivity index (χ0n) is 12.6. The van der Waals surface area contributed by atoms with Crippen molar-refractivity contribution in [3.8, 4) is 0 Å². The van der Waals surface area contributed by atoms with Gasteiger partial charge in [0.15, 0.2) is 5.16 Å². The van der Waals surface area contributed by atoms with Crippen LogP contribution < -0.4 is 10.2 Å². The van der Waals surface area contributed by atoms with Crippen LogP contribution in [0.5, 0.6) is 0 Å². The second-order valence-electron chi connectivity index (χ2n) is 6.53. The van der Waals surface area contributed by atoms with Crippen molar-refractivity contribution in [1.29, 1.82) is 0 Å². The van der Waals surface area contributed by atoms with Gasteiger partial charge in [0.1, 0.15) is 12.2 Å². The first kappa shape index (κ1) is 13.7. The minimum atomic E-state index is 0.573. The number of nitrogens with one attached hydrogen (secondary N) is 2. The highest BCUT2D eigenvalue weighted by molar-refractivity contribution is 7.99. The maximum absolute atomic E-state index is 4.60. The minimum absolute atomic E-state index is 0.573. The fourth-order valence-corrected chi connectivity index (χ4v) is 4.04. The lowest BCUT2D eigenvalue weighted by atomic mass is 10.0. The molecule has 23 heavy (non-hydrogen) atoms. The number of aromatic nitrogens is 6. The molecule has 0 aromatic carbocycles. The molecule has 0 spiro atoms. The van der Waals surface area contributed by atoms with Crippen LogP contribution >= 0.6 is 11.8 Å². The molecule has 2 saturated heterocycles. The predicted molar refractivity (Wildman–Crippen MR) is 84.4 cm³/mol. The monoisotopic (exact) mass is 330 g/mol. The van der Waals surface area contributed by atoms with Gasteiger partial charge in [0.25, 0.3) is 0 Å². The second kappa shape index (κ2) is 5.41. The largest absolute Gasteiger partial charge is 0.340 e. The van der Waals surface area contributed by atoms with Gasteiger partial charge in [-0.2, -0.15) is 4.98 Å². The Morgan fingerprint density at radius 3 is 2.65 bits per heavy atom. The topological polar surface area (TPSA) is 95.5 Å². The lowest BCUT2D eigenvalue weighted by Crippen LogP contribution is -2.27. The fraction of sp³-hybridized carbons (Fsp3) is 0.643. The van der Waals surface area contributed by atoms with Gasteiger partial charge in [0.2, 0.25) is 11.1 Å². The number of hydrogen-bond donors (Lipinski definition) is 2. The van der Waals surface area contributed by atoms with Crippen molar-refractivity contribution >= 4 is 17.7 Å². The molecule has 2 aliphatic heterocycles. The molecule has 120 valence electrons. The Bertz CT molecular complexity index is 702. The Hall–Kier alpha value is -1.74. The molecule has 2 N–H and O–H groups in total. The Balaban J connectivity index is 1.31. The molecule has 0 unspecified atom stereocenters. The first-order chi connectivity index (χ1) is 11.3. The van der Waals surface area contributed by atoms with E-state index in [-0.39, 0.29) is 0 Å². The number of rotatable bonds is 4.